The van der Waals surface area contributed by atoms with Crippen LogP contribution in [0.3, 0.4) is 0 Å². The second kappa shape index (κ2) is 11.9. The molecule has 2 rings (SSSR count). The summed E-state index contributed by atoms with van der Waals surface area (Å²) in [6, 6.07) is 11.4. The maximum atomic E-state index is 12.5. The number of halogens is 1. The highest BCUT2D eigenvalue weighted by Gasteiger charge is 2.17. The summed E-state index contributed by atoms with van der Waals surface area (Å²) < 4.78 is 12.7. The molecule has 0 aliphatic heterocycles. The zero-order chi connectivity index (χ0) is 21.2. The van der Waals surface area contributed by atoms with Crippen LogP contribution in [0.25, 0.3) is 0 Å². The monoisotopic (exact) mass is 461 g/mol. The Balaban J connectivity index is 1.82. The number of carbonyl (C=O) groups is 1. The number of benzene rings is 2. The van der Waals surface area contributed by atoms with Crippen molar-refractivity contribution in [1.29, 1.82) is 0 Å². The molecule has 29 heavy (non-hydrogen) atoms. The van der Waals surface area contributed by atoms with E-state index in [1.54, 1.807) is 6.92 Å². The van der Waals surface area contributed by atoms with Gasteiger partial charge in [0.2, 0.25) is 0 Å². The summed E-state index contributed by atoms with van der Waals surface area (Å²) in [5.41, 5.74) is 2.71. The molecule has 0 aliphatic carbocycles. The van der Waals surface area contributed by atoms with Crippen molar-refractivity contribution < 1.29 is 14.3 Å². The molecule has 0 saturated heterocycles. The van der Waals surface area contributed by atoms with E-state index in [9.17, 15) is 4.79 Å². The first-order valence-electron chi connectivity index (χ1n) is 10.4. The highest BCUT2D eigenvalue weighted by atomic mass is 79.9. The molecule has 4 nitrogen and oxygen atoms in total. The molecule has 1 unspecified atom stereocenters. The van der Waals surface area contributed by atoms with Gasteiger partial charge in [-0.3, -0.25) is 4.79 Å². The summed E-state index contributed by atoms with van der Waals surface area (Å²) in [6.45, 7) is 8.64. The number of unbranched alkanes of at least 4 members (excludes halogenated alkanes) is 4. The number of amides is 1. The molecule has 0 saturated carbocycles. The first-order chi connectivity index (χ1) is 13.9. The molecule has 158 valence electrons. The molecule has 0 aliphatic rings. The van der Waals surface area contributed by atoms with E-state index in [0.717, 1.165) is 45.8 Å². The van der Waals surface area contributed by atoms with Crippen molar-refractivity contribution in [2.24, 2.45) is 0 Å². The molecule has 0 spiro atoms. The van der Waals surface area contributed by atoms with E-state index in [4.69, 9.17) is 9.47 Å². The third-order valence-corrected chi connectivity index (χ3v) is 5.19. The second-order valence-corrected chi connectivity index (χ2v) is 8.32. The lowest BCUT2D eigenvalue weighted by atomic mass is 10.1. The lowest BCUT2D eigenvalue weighted by molar-refractivity contribution is -0.122. The van der Waals surface area contributed by atoms with Gasteiger partial charge in [-0.2, -0.15) is 0 Å². The van der Waals surface area contributed by atoms with Gasteiger partial charge in [0.1, 0.15) is 11.5 Å². The van der Waals surface area contributed by atoms with Gasteiger partial charge in [-0.05, 0) is 74.7 Å². The minimum Gasteiger partial charge on any atom is -0.494 e. The molecule has 0 radical (unpaired) electrons. The molecule has 1 atom stereocenters. The van der Waals surface area contributed by atoms with Gasteiger partial charge in [-0.15, -0.1) is 0 Å². The third kappa shape index (κ3) is 7.73. The smallest absolute Gasteiger partial charge is 0.265 e. The van der Waals surface area contributed by atoms with E-state index < -0.39 is 6.10 Å². The Labute approximate surface area is 183 Å². The van der Waals surface area contributed by atoms with Gasteiger partial charge in [-0.1, -0.05) is 48.5 Å². The highest BCUT2D eigenvalue weighted by molar-refractivity contribution is 9.10. The topological polar surface area (TPSA) is 47.6 Å². The van der Waals surface area contributed by atoms with Crippen molar-refractivity contribution in [1.82, 2.24) is 0 Å². The van der Waals surface area contributed by atoms with Gasteiger partial charge < -0.3 is 14.8 Å². The van der Waals surface area contributed by atoms with Gasteiger partial charge in [0, 0.05) is 10.2 Å². The van der Waals surface area contributed by atoms with Crippen molar-refractivity contribution in [2.75, 3.05) is 11.9 Å². The largest absolute Gasteiger partial charge is 0.494 e. The van der Waals surface area contributed by atoms with Crippen LogP contribution in [0, 0.1) is 13.8 Å². The number of carbonyl (C=O) groups excluding carboxylic acids is 1. The summed E-state index contributed by atoms with van der Waals surface area (Å²) in [6.07, 6.45) is 5.48. The molecular formula is C24H32BrNO3. The average molecular weight is 462 g/mol. The molecule has 2 aromatic carbocycles. The molecule has 0 aromatic heterocycles. The van der Waals surface area contributed by atoms with E-state index in [0.29, 0.717) is 0 Å². The van der Waals surface area contributed by atoms with E-state index in [1.807, 2.05) is 50.2 Å². The first-order valence-corrected chi connectivity index (χ1v) is 11.2. The van der Waals surface area contributed by atoms with Gasteiger partial charge in [0.05, 0.1) is 6.61 Å². The molecule has 2 aromatic rings. The standard InChI is InChI=1S/C24H32BrNO3/c1-5-6-7-8-9-14-28-22-12-10-21(11-13-22)26-24(27)19(4)29-23-17(2)15-20(25)16-18(23)3/h10-13,15-16,19H,5-9,14H2,1-4H3,(H,26,27). The van der Waals surface area contributed by atoms with Crippen molar-refractivity contribution in [3.63, 3.8) is 0 Å². The van der Waals surface area contributed by atoms with Crippen molar-refractivity contribution in [3.8, 4) is 11.5 Å². The van der Waals surface area contributed by atoms with Crippen LogP contribution in [-0.4, -0.2) is 18.6 Å². The van der Waals surface area contributed by atoms with Crippen LogP contribution in [0.5, 0.6) is 11.5 Å². The summed E-state index contributed by atoms with van der Waals surface area (Å²) >= 11 is 3.48. The fourth-order valence-electron chi connectivity index (χ4n) is 3.09. The van der Waals surface area contributed by atoms with Gasteiger partial charge in [0.15, 0.2) is 6.10 Å². The summed E-state index contributed by atoms with van der Waals surface area (Å²) in [4.78, 5) is 12.5. The van der Waals surface area contributed by atoms with E-state index in [2.05, 4.69) is 28.2 Å². The Kier molecular flexibility index (Phi) is 9.52. The lowest BCUT2D eigenvalue weighted by Crippen LogP contribution is -2.30. The minimum absolute atomic E-state index is 0.184. The van der Waals surface area contributed by atoms with Crippen LogP contribution in [0.4, 0.5) is 5.69 Å². The van der Waals surface area contributed by atoms with Crippen molar-refractivity contribution in [2.45, 2.75) is 65.9 Å². The predicted octanol–water partition coefficient (Wildman–Crippen LogP) is 6.82. The van der Waals surface area contributed by atoms with Crippen LogP contribution >= 0.6 is 15.9 Å². The summed E-state index contributed by atoms with van der Waals surface area (Å²) in [7, 11) is 0. The van der Waals surface area contributed by atoms with E-state index in [-0.39, 0.29) is 5.91 Å². The average Bonchev–Trinajstić information content (AvgIpc) is 2.68. The van der Waals surface area contributed by atoms with Crippen LogP contribution in [-0.2, 0) is 4.79 Å². The van der Waals surface area contributed by atoms with Crippen LogP contribution in [0.15, 0.2) is 40.9 Å². The molecule has 5 heteroatoms. The fraction of sp³-hybridized carbons (Fsp3) is 0.458. The quantitative estimate of drug-likeness (QED) is 0.373. The van der Waals surface area contributed by atoms with Crippen LogP contribution < -0.4 is 14.8 Å². The normalized spacial score (nSPS) is 11.8. The van der Waals surface area contributed by atoms with Crippen molar-refractivity contribution >= 4 is 27.5 Å². The molecule has 0 fully saturated rings. The number of hydrogen-bond donors (Lipinski definition) is 1. The Morgan fingerprint density at radius 1 is 1.03 bits per heavy atom. The zero-order valence-electron chi connectivity index (χ0n) is 17.9. The SMILES string of the molecule is CCCCCCCOc1ccc(NC(=O)C(C)Oc2c(C)cc(Br)cc2C)cc1. The molecular weight excluding hydrogens is 430 g/mol. The lowest BCUT2D eigenvalue weighted by Gasteiger charge is -2.18. The fourth-order valence-corrected chi connectivity index (χ4v) is 3.77. The Morgan fingerprint density at radius 3 is 2.28 bits per heavy atom. The zero-order valence-corrected chi connectivity index (χ0v) is 19.5. The molecule has 0 bridgehead atoms. The molecule has 0 heterocycles. The first kappa shape index (κ1) is 23.3. The molecule has 1 N–H and O–H groups in total. The summed E-state index contributed by atoms with van der Waals surface area (Å²) in [5.74, 6) is 1.39. The number of aryl methyl sites for hydroxylation is 2. The van der Waals surface area contributed by atoms with Crippen LogP contribution in [0.2, 0.25) is 0 Å². The molecule has 1 amide bonds. The number of hydrogen-bond acceptors (Lipinski definition) is 3. The maximum absolute atomic E-state index is 12.5. The Bertz CT molecular complexity index is 766. The van der Waals surface area contributed by atoms with E-state index >= 15 is 0 Å². The Morgan fingerprint density at radius 2 is 1.66 bits per heavy atom. The minimum atomic E-state index is -0.604. The van der Waals surface area contributed by atoms with Gasteiger partial charge in [-0.25, -0.2) is 0 Å². The number of nitrogens with one attached hydrogen (secondary N) is 1. The Hall–Kier alpha value is -2.01. The summed E-state index contributed by atoms with van der Waals surface area (Å²) in [5, 5.41) is 2.90. The highest BCUT2D eigenvalue weighted by Crippen LogP contribution is 2.28. The van der Waals surface area contributed by atoms with Crippen molar-refractivity contribution in [3.05, 3.63) is 52.0 Å². The number of rotatable bonds is 11. The predicted molar refractivity (Wildman–Crippen MR) is 123 cm³/mol. The van der Waals surface area contributed by atoms with Gasteiger partial charge >= 0.3 is 0 Å². The number of anilines is 1. The van der Waals surface area contributed by atoms with Gasteiger partial charge in [0.25, 0.3) is 5.91 Å². The van der Waals surface area contributed by atoms with E-state index in [1.165, 1.54) is 25.7 Å². The maximum Gasteiger partial charge on any atom is 0.265 e. The number of ether oxygens (including phenoxy) is 2. The second-order valence-electron chi connectivity index (χ2n) is 7.41. The van der Waals surface area contributed by atoms with Crippen LogP contribution in [0.1, 0.15) is 57.1 Å². The third-order valence-electron chi connectivity index (χ3n) is 4.73.